The number of hydrogen-bond acceptors (Lipinski definition) is 2. The minimum atomic E-state index is -4.39. The van der Waals surface area contributed by atoms with E-state index in [1.165, 1.54) is 0 Å². The van der Waals surface area contributed by atoms with Gasteiger partial charge < -0.3 is 10.1 Å². The van der Waals surface area contributed by atoms with Crippen molar-refractivity contribution in [3.8, 4) is 0 Å². The molecule has 18 heavy (non-hydrogen) atoms. The van der Waals surface area contributed by atoms with E-state index in [2.05, 4.69) is 37.7 Å². The van der Waals surface area contributed by atoms with E-state index in [-0.39, 0.29) is 0 Å². The second kappa shape index (κ2) is 7.61. The average molecular weight is 269 g/mol. The molecule has 0 aromatic carbocycles. The van der Waals surface area contributed by atoms with Crippen LogP contribution in [0.5, 0.6) is 0 Å². The fourth-order valence-electron chi connectivity index (χ4n) is 1.78. The first-order chi connectivity index (χ1) is 8.13. The molecule has 1 amide bonds. The molecule has 0 heterocycles. The summed E-state index contributed by atoms with van der Waals surface area (Å²) in [6.45, 7) is 6.73. The van der Waals surface area contributed by atoms with E-state index in [0.29, 0.717) is 24.3 Å². The van der Waals surface area contributed by atoms with Crippen molar-refractivity contribution in [2.45, 2.75) is 33.9 Å². The summed E-state index contributed by atoms with van der Waals surface area (Å²) < 4.78 is 39.6. The first-order valence-corrected chi connectivity index (χ1v) is 6.04. The third-order valence-corrected chi connectivity index (χ3v) is 2.75. The van der Waals surface area contributed by atoms with Gasteiger partial charge in [0, 0.05) is 6.54 Å². The van der Waals surface area contributed by atoms with Crippen LogP contribution in [0.2, 0.25) is 0 Å². The van der Waals surface area contributed by atoms with E-state index >= 15 is 0 Å². The Morgan fingerprint density at radius 2 is 1.67 bits per heavy atom. The van der Waals surface area contributed by atoms with Crippen LogP contribution < -0.4 is 5.32 Å². The smallest absolute Gasteiger partial charge is 0.362 e. The Labute approximate surface area is 106 Å². The molecule has 0 aliphatic carbocycles. The zero-order valence-electron chi connectivity index (χ0n) is 11.3. The van der Waals surface area contributed by atoms with Gasteiger partial charge in [0.2, 0.25) is 5.91 Å². The van der Waals surface area contributed by atoms with E-state index < -0.39 is 25.3 Å². The van der Waals surface area contributed by atoms with Gasteiger partial charge in [0.25, 0.3) is 0 Å². The van der Waals surface area contributed by atoms with Crippen LogP contribution in [0.4, 0.5) is 13.2 Å². The second-order valence-electron chi connectivity index (χ2n) is 5.06. The van der Waals surface area contributed by atoms with Gasteiger partial charge in [-0.1, -0.05) is 27.7 Å². The lowest BCUT2D eigenvalue weighted by atomic mass is 9.85. The SMILES string of the molecule is CC(C)C(CNC(=O)COCC(F)(F)F)C(C)C. The summed E-state index contributed by atoms with van der Waals surface area (Å²) in [5, 5.41) is 2.60. The molecule has 0 saturated carbocycles. The zero-order chi connectivity index (χ0) is 14.3. The molecular formula is C12H22F3NO2. The van der Waals surface area contributed by atoms with E-state index in [1.807, 2.05) is 0 Å². The molecule has 0 saturated heterocycles. The molecule has 0 aromatic rings. The van der Waals surface area contributed by atoms with Crippen LogP contribution in [0.15, 0.2) is 0 Å². The standard InChI is InChI=1S/C12H22F3NO2/c1-8(2)10(9(3)4)5-16-11(17)6-18-7-12(13,14)15/h8-10H,5-7H2,1-4H3,(H,16,17). The van der Waals surface area contributed by atoms with E-state index in [9.17, 15) is 18.0 Å². The largest absolute Gasteiger partial charge is 0.411 e. The average Bonchev–Trinajstić information content (AvgIpc) is 2.14. The van der Waals surface area contributed by atoms with E-state index in [4.69, 9.17) is 0 Å². The van der Waals surface area contributed by atoms with Gasteiger partial charge in [-0.25, -0.2) is 0 Å². The highest BCUT2D eigenvalue weighted by Crippen LogP contribution is 2.19. The topological polar surface area (TPSA) is 38.3 Å². The predicted octanol–water partition coefficient (Wildman–Crippen LogP) is 2.61. The van der Waals surface area contributed by atoms with Gasteiger partial charge in [0.05, 0.1) is 0 Å². The van der Waals surface area contributed by atoms with Crippen LogP contribution >= 0.6 is 0 Å². The van der Waals surface area contributed by atoms with Gasteiger partial charge in [-0.3, -0.25) is 4.79 Å². The van der Waals surface area contributed by atoms with Gasteiger partial charge in [-0.05, 0) is 17.8 Å². The highest BCUT2D eigenvalue weighted by molar-refractivity contribution is 5.77. The molecule has 0 unspecified atom stereocenters. The van der Waals surface area contributed by atoms with Crippen molar-refractivity contribution in [3.05, 3.63) is 0 Å². The van der Waals surface area contributed by atoms with Gasteiger partial charge in [-0.2, -0.15) is 13.2 Å². The lowest BCUT2D eigenvalue weighted by Crippen LogP contribution is -2.36. The Hall–Kier alpha value is -0.780. The fourth-order valence-corrected chi connectivity index (χ4v) is 1.78. The van der Waals surface area contributed by atoms with Gasteiger partial charge in [0.1, 0.15) is 13.2 Å². The Morgan fingerprint density at radius 3 is 2.06 bits per heavy atom. The quantitative estimate of drug-likeness (QED) is 0.771. The molecule has 0 aliphatic rings. The number of amides is 1. The molecule has 0 fully saturated rings. The van der Waals surface area contributed by atoms with Crippen LogP contribution in [-0.2, 0) is 9.53 Å². The molecule has 6 heteroatoms. The molecule has 0 atom stereocenters. The number of hydrogen-bond donors (Lipinski definition) is 1. The number of ether oxygens (including phenoxy) is 1. The number of rotatable bonds is 7. The molecule has 108 valence electrons. The first kappa shape index (κ1) is 17.2. The summed E-state index contributed by atoms with van der Waals surface area (Å²) in [6, 6.07) is 0. The monoisotopic (exact) mass is 269 g/mol. The molecule has 1 N–H and O–H groups in total. The Kier molecular flexibility index (Phi) is 7.28. The van der Waals surface area contributed by atoms with Crippen molar-refractivity contribution < 1.29 is 22.7 Å². The Morgan fingerprint density at radius 1 is 1.17 bits per heavy atom. The maximum atomic E-state index is 11.8. The van der Waals surface area contributed by atoms with E-state index in [0.717, 1.165) is 0 Å². The Balaban J connectivity index is 3.89. The van der Waals surface area contributed by atoms with Crippen molar-refractivity contribution in [2.24, 2.45) is 17.8 Å². The molecule has 0 radical (unpaired) electrons. The number of carbonyl (C=O) groups is 1. The Bertz CT molecular complexity index is 244. The van der Waals surface area contributed by atoms with Crippen molar-refractivity contribution in [3.63, 3.8) is 0 Å². The summed E-state index contributed by atoms with van der Waals surface area (Å²) in [5.74, 6) is 0.602. The van der Waals surface area contributed by atoms with Crippen LogP contribution in [0.1, 0.15) is 27.7 Å². The summed E-state index contributed by atoms with van der Waals surface area (Å²) in [4.78, 5) is 11.3. The number of halogens is 3. The summed E-state index contributed by atoms with van der Waals surface area (Å²) in [7, 11) is 0. The highest BCUT2D eigenvalue weighted by atomic mass is 19.4. The minimum Gasteiger partial charge on any atom is -0.362 e. The van der Waals surface area contributed by atoms with Gasteiger partial charge in [-0.15, -0.1) is 0 Å². The first-order valence-electron chi connectivity index (χ1n) is 6.04. The molecule has 0 rings (SSSR count). The van der Waals surface area contributed by atoms with Crippen molar-refractivity contribution >= 4 is 5.91 Å². The van der Waals surface area contributed by atoms with Crippen molar-refractivity contribution in [1.82, 2.24) is 5.32 Å². The predicted molar refractivity (Wildman–Crippen MR) is 63.0 cm³/mol. The minimum absolute atomic E-state index is 0.302. The maximum absolute atomic E-state index is 11.8. The van der Waals surface area contributed by atoms with Gasteiger partial charge >= 0.3 is 6.18 Å². The molecule has 0 bridgehead atoms. The van der Waals surface area contributed by atoms with Crippen LogP contribution in [0.3, 0.4) is 0 Å². The fraction of sp³-hybridized carbons (Fsp3) is 0.917. The van der Waals surface area contributed by atoms with Crippen LogP contribution in [-0.4, -0.2) is 31.8 Å². The molecule has 0 aromatic heterocycles. The summed E-state index contributed by atoms with van der Waals surface area (Å²) in [6.07, 6.45) is -4.39. The lowest BCUT2D eigenvalue weighted by molar-refractivity contribution is -0.175. The van der Waals surface area contributed by atoms with E-state index in [1.54, 1.807) is 0 Å². The normalized spacial score (nSPS) is 12.6. The third kappa shape index (κ3) is 8.33. The van der Waals surface area contributed by atoms with Crippen LogP contribution in [0, 0.1) is 17.8 Å². The number of alkyl halides is 3. The molecule has 0 aliphatic heterocycles. The van der Waals surface area contributed by atoms with Crippen LogP contribution in [0.25, 0.3) is 0 Å². The summed E-state index contributed by atoms with van der Waals surface area (Å²) in [5.41, 5.74) is 0. The highest BCUT2D eigenvalue weighted by Gasteiger charge is 2.27. The van der Waals surface area contributed by atoms with Crippen molar-refractivity contribution in [2.75, 3.05) is 19.8 Å². The third-order valence-electron chi connectivity index (χ3n) is 2.75. The second-order valence-corrected chi connectivity index (χ2v) is 5.06. The van der Waals surface area contributed by atoms with Gasteiger partial charge in [0.15, 0.2) is 0 Å². The maximum Gasteiger partial charge on any atom is 0.411 e. The summed E-state index contributed by atoms with van der Waals surface area (Å²) >= 11 is 0. The zero-order valence-corrected chi connectivity index (χ0v) is 11.3. The molecule has 3 nitrogen and oxygen atoms in total. The number of carbonyl (C=O) groups excluding carboxylic acids is 1. The molecule has 0 spiro atoms. The van der Waals surface area contributed by atoms with Crippen molar-refractivity contribution in [1.29, 1.82) is 0 Å². The lowest BCUT2D eigenvalue weighted by Gasteiger charge is -2.25. The molecular weight excluding hydrogens is 247 g/mol. The number of nitrogens with one attached hydrogen (secondary N) is 1.